The molecule has 14 heavy (non-hydrogen) atoms. The van der Waals surface area contributed by atoms with Crippen molar-refractivity contribution in [2.75, 3.05) is 0 Å². The van der Waals surface area contributed by atoms with Crippen LogP contribution >= 0.6 is 0 Å². The summed E-state index contributed by atoms with van der Waals surface area (Å²) in [7, 11) is 0. The van der Waals surface area contributed by atoms with Gasteiger partial charge < -0.3 is 30.0 Å². The monoisotopic (exact) mass is 280 g/mol. The Balaban J connectivity index is 0. The van der Waals surface area contributed by atoms with Crippen LogP contribution in [0.15, 0.2) is 0 Å². The number of carbonyl (C=O) groups is 3. The Kier molecular flexibility index (Phi) is 6.59. The van der Waals surface area contributed by atoms with E-state index in [-0.39, 0.29) is 26.2 Å². The minimum absolute atomic E-state index is 0. The van der Waals surface area contributed by atoms with Gasteiger partial charge in [-0.2, -0.15) is 0 Å². The van der Waals surface area contributed by atoms with Crippen molar-refractivity contribution in [3.8, 4) is 0 Å². The second-order valence-electron chi connectivity index (χ2n) is 2.43. The third-order valence-corrected chi connectivity index (χ3v) is 1.27. The van der Waals surface area contributed by atoms with Crippen LogP contribution in [0.25, 0.3) is 0 Å². The third kappa shape index (κ3) is 5.08. The van der Waals surface area contributed by atoms with E-state index in [0.29, 0.717) is 0 Å². The first kappa shape index (κ1) is 15.7. The van der Waals surface area contributed by atoms with Gasteiger partial charge in [-0.1, -0.05) is 0 Å². The van der Waals surface area contributed by atoms with E-state index in [4.69, 9.17) is 10.2 Å². The molecule has 0 aromatic carbocycles. The molecule has 8 heteroatoms. The third-order valence-electron chi connectivity index (χ3n) is 1.27. The van der Waals surface area contributed by atoms with Crippen LogP contribution in [0.1, 0.15) is 12.8 Å². The summed E-state index contributed by atoms with van der Waals surface area (Å²) < 4.78 is 0. The zero-order valence-corrected chi connectivity index (χ0v) is 9.31. The van der Waals surface area contributed by atoms with E-state index in [1.165, 1.54) is 0 Å². The summed E-state index contributed by atoms with van der Waals surface area (Å²) in [5.41, 5.74) is -2.86. The maximum atomic E-state index is 10.3. The van der Waals surface area contributed by atoms with Gasteiger partial charge in [-0.05, 0) is 0 Å². The van der Waals surface area contributed by atoms with Crippen molar-refractivity contribution in [2.45, 2.75) is 18.4 Å². The van der Waals surface area contributed by atoms with Crippen LogP contribution in [-0.4, -0.2) is 33.7 Å². The zero-order valence-electron chi connectivity index (χ0n) is 6.85. The van der Waals surface area contributed by atoms with E-state index in [0.717, 1.165) is 0 Å². The summed E-state index contributed by atoms with van der Waals surface area (Å²) in [4.78, 5) is 30.2. The summed E-state index contributed by atoms with van der Waals surface area (Å²) in [6, 6.07) is 0. The molecule has 0 aliphatic carbocycles. The van der Waals surface area contributed by atoms with Crippen LogP contribution in [0.5, 0.6) is 0 Å². The van der Waals surface area contributed by atoms with Gasteiger partial charge in [0, 0.05) is 24.8 Å². The van der Waals surface area contributed by atoms with Gasteiger partial charge in [0.15, 0.2) is 5.60 Å². The molecule has 0 saturated heterocycles. The quantitative estimate of drug-likeness (QED) is 0.525. The van der Waals surface area contributed by atoms with Crippen molar-refractivity contribution in [3.63, 3.8) is 0 Å². The van der Waals surface area contributed by atoms with E-state index < -0.39 is 36.4 Å². The largest absolute Gasteiger partial charge is 2.00 e. The number of carboxylic acid groups (broad SMARTS) is 3. The molecule has 0 bridgehead atoms. The van der Waals surface area contributed by atoms with Crippen molar-refractivity contribution in [2.24, 2.45) is 0 Å². The summed E-state index contributed by atoms with van der Waals surface area (Å²) in [6.07, 6.45) is -2.59. The Bertz CT molecular complexity index is 233. The molecular weight excluding hydrogens is 275 g/mol. The van der Waals surface area contributed by atoms with Crippen molar-refractivity contribution in [1.29, 1.82) is 0 Å². The molecule has 0 saturated carbocycles. The molecule has 76 valence electrons. The van der Waals surface area contributed by atoms with Gasteiger partial charge in [0.25, 0.3) is 0 Å². The molecular formula is C6H6O7Zr. The fourth-order valence-corrected chi connectivity index (χ4v) is 0.691. The minimum Gasteiger partial charge on any atom is -0.550 e. The molecule has 7 nitrogen and oxygen atoms in total. The van der Waals surface area contributed by atoms with Gasteiger partial charge in [-0.15, -0.1) is 0 Å². The van der Waals surface area contributed by atoms with Gasteiger partial charge in [0.05, 0.1) is 0 Å². The van der Waals surface area contributed by atoms with Gasteiger partial charge in [-0.25, -0.2) is 4.79 Å². The number of carbonyl (C=O) groups excluding carboxylic acids is 2. The number of aliphatic hydroxyl groups is 1. The first-order valence-electron chi connectivity index (χ1n) is 3.13. The molecule has 0 radical (unpaired) electrons. The Morgan fingerprint density at radius 1 is 1.07 bits per heavy atom. The predicted molar refractivity (Wildman–Crippen MR) is 31.8 cm³/mol. The van der Waals surface area contributed by atoms with Gasteiger partial charge in [-0.3, -0.25) is 0 Å². The van der Waals surface area contributed by atoms with E-state index in [2.05, 4.69) is 0 Å². The average molecular weight is 281 g/mol. The number of rotatable bonds is 5. The molecule has 0 aromatic heterocycles. The first-order chi connectivity index (χ1) is 5.78. The molecule has 0 rings (SSSR count). The molecule has 0 spiro atoms. The van der Waals surface area contributed by atoms with Crippen LogP contribution < -0.4 is 10.2 Å². The molecule has 0 fully saturated rings. The number of hydrogen-bond acceptors (Lipinski definition) is 6. The van der Waals surface area contributed by atoms with Crippen molar-refractivity contribution in [3.05, 3.63) is 0 Å². The minimum atomic E-state index is -2.86. The maximum absolute atomic E-state index is 10.3. The molecule has 0 amide bonds. The van der Waals surface area contributed by atoms with Gasteiger partial charge in [0.2, 0.25) is 0 Å². The maximum Gasteiger partial charge on any atom is 2.00 e. The summed E-state index contributed by atoms with van der Waals surface area (Å²) in [5, 5.41) is 37.2. The fraction of sp³-hybridized carbons (Fsp3) is 0.500. The van der Waals surface area contributed by atoms with E-state index in [1.807, 2.05) is 0 Å². The molecule has 2 N–H and O–H groups in total. The van der Waals surface area contributed by atoms with Crippen molar-refractivity contribution >= 4 is 17.9 Å². The standard InChI is InChI=1S/C6H8O7.Zr/c7-3(8)1-6(13,5(11)12)2-4(9)10;/h13H,1-2H2,(H,7,8)(H,9,10)(H,11,12);/q;+2/p-2. The Labute approximate surface area is 97.5 Å². The van der Waals surface area contributed by atoms with Crippen LogP contribution in [0.4, 0.5) is 0 Å². The molecule has 0 unspecified atom stereocenters. The van der Waals surface area contributed by atoms with Crippen LogP contribution in [0, 0.1) is 0 Å². The summed E-state index contributed by atoms with van der Waals surface area (Å²) in [6.45, 7) is 0. The van der Waals surface area contributed by atoms with Gasteiger partial charge in [0.1, 0.15) is 0 Å². The molecule has 0 heterocycles. The van der Waals surface area contributed by atoms with Crippen molar-refractivity contribution < 1.29 is 61.0 Å². The number of hydrogen-bond donors (Lipinski definition) is 2. The number of carboxylic acids is 3. The smallest absolute Gasteiger partial charge is 0.550 e. The Morgan fingerprint density at radius 3 is 1.50 bits per heavy atom. The summed E-state index contributed by atoms with van der Waals surface area (Å²) in [5.74, 6) is -5.65. The molecule has 0 aromatic rings. The Morgan fingerprint density at radius 2 is 1.36 bits per heavy atom. The van der Waals surface area contributed by atoms with Crippen LogP contribution in [0.3, 0.4) is 0 Å². The van der Waals surface area contributed by atoms with E-state index in [1.54, 1.807) is 0 Å². The molecule has 0 aliphatic rings. The molecule has 0 atom stereocenters. The average Bonchev–Trinajstić information content (AvgIpc) is 1.82. The Hall–Kier alpha value is -0.747. The van der Waals surface area contributed by atoms with Gasteiger partial charge >= 0.3 is 32.2 Å². The van der Waals surface area contributed by atoms with E-state index >= 15 is 0 Å². The van der Waals surface area contributed by atoms with E-state index in [9.17, 15) is 24.6 Å². The zero-order chi connectivity index (χ0) is 10.6. The second kappa shape index (κ2) is 5.87. The fourth-order valence-electron chi connectivity index (χ4n) is 0.691. The second-order valence-corrected chi connectivity index (χ2v) is 2.43. The first-order valence-corrected chi connectivity index (χ1v) is 3.13. The normalized spacial score (nSPS) is 10.1. The molecule has 0 aliphatic heterocycles. The predicted octanol–water partition coefficient (Wildman–Crippen LogP) is -3.92. The van der Waals surface area contributed by atoms with Crippen molar-refractivity contribution in [1.82, 2.24) is 0 Å². The SMILES string of the molecule is O=C([O-])CC(O)(CC(=O)[O-])C(=O)O.[Zr+2]. The van der Waals surface area contributed by atoms with Crippen LogP contribution in [-0.2, 0) is 40.6 Å². The number of aliphatic carboxylic acids is 3. The topological polar surface area (TPSA) is 138 Å². The van der Waals surface area contributed by atoms with Crippen LogP contribution in [0.2, 0.25) is 0 Å². The summed E-state index contributed by atoms with van der Waals surface area (Å²) >= 11 is 0.